The molecule has 1 fully saturated rings. The molecule has 128 valence electrons. The zero-order valence-electron chi connectivity index (χ0n) is 13.7. The minimum absolute atomic E-state index is 0.0368. The first-order chi connectivity index (χ1) is 12.1. The van der Waals surface area contributed by atoms with E-state index in [1.54, 1.807) is 18.0 Å². The summed E-state index contributed by atoms with van der Waals surface area (Å²) in [6, 6.07) is 7.93. The second kappa shape index (κ2) is 7.13. The molecule has 1 aromatic heterocycles. The lowest BCUT2D eigenvalue weighted by atomic mass is 10.1. The van der Waals surface area contributed by atoms with E-state index in [1.165, 1.54) is 24.5 Å². The van der Waals surface area contributed by atoms with Crippen molar-refractivity contribution in [1.29, 1.82) is 5.26 Å². The number of nitriles is 1. The van der Waals surface area contributed by atoms with Gasteiger partial charge in [0.2, 0.25) is 5.91 Å². The van der Waals surface area contributed by atoms with Crippen LogP contribution in [-0.4, -0.2) is 47.5 Å². The standard InChI is InChI=1S/C17H17FN6O/c1-23-4-5-24(10-17(23)25)16-7-15(21-11-22-16)20-9-13-6-12(8-19)2-3-14(13)18/h2-3,6-7,11H,4-5,9-10H2,1H3,(H,20,21,22). The molecule has 1 aromatic carbocycles. The van der Waals surface area contributed by atoms with Gasteiger partial charge in [-0.3, -0.25) is 4.79 Å². The summed E-state index contributed by atoms with van der Waals surface area (Å²) in [7, 11) is 1.77. The normalized spacial score (nSPS) is 14.4. The average molecular weight is 340 g/mol. The van der Waals surface area contributed by atoms with Gasteiger partial charge in [0.05, 0.1) is 18.2 Å². The molecule has 2 aromatic rings. The maximum absolute atomic E-state index is 13.8. The SMILES string of the molecule is CN1CCN(c2cc(NCc3cc(C#N)ccc3F)ncn2)CC1=O. The fourth-order valence-electron chi connectivity index (χ4n) is 2.54. The van der Waals surface area contributed by atoms with Crippen LogP contribution < -0.4 is 10.2 Å². The van der Waals surface area contributed by atoms with Crippen LogP contribution in [0, 0.1) is 17.1 Å². The summed E-state index contributed by atoms with van der Waals surface area (Å²) in [6.07, 6.45) is 1.41. The molecule has 7 nitrogen and oxygen atoms in total. The Morgan fingerprint density at radius 2 is 2.16 bits per heavy atom. The second-order valence-corrected chi connectivity index (χ2v) is 5.77. The second-order valence-electron chi connectivity index (χ2n) is 5.77. The minimum Gasteiger partial charge on any atom is -0.366 e. The molecule has 1 N–H and O–H groups in total. The number of rotatable bonds is 4. The summed E-state index contributed by atoms with van der Waals surface area (Å²) >= 11 is 0. The number of benzene rings is 1. The average Bonchev–Trinajstić information content (AvgIpc) is 2.63. The molecule has 0 bridgehead atoms. The Bertz CT molecular complexity index is 834. The monoisotopic (exact) mass is 340 g/mol. The van der Waals surface area contributed by atoms with Crippen LogP contribution in [0.15, 0.2) is 30.6 Å². The summed E-state index contributed by atoms with van der Waals surface area (Å²) in [4.78, 5) is 23.7. The van der Waals surface area contributed by atoms with Crippen LogP contribution >= 0.6 is 0 Å². The van der Waals surface area contributed by atoms with Crippen LogP contribution in [-0.2, 0) is 11.3 Å². The van der Waals surface area contributed by atoms with Crippen molar-refractivity contribution in [3.8, 4) is 6.07 Å². The number of hydrogen-bond acceptors (Lipinski definition) is 6. The Balaban J connectivity index is 1.70. The Hall–Kier alpha value is -3.21. The first-order valence-electron chi connectivity index (χ1n) is 7.80. The van der Waals surface area contributed by atoms with Crippen LogP contribution in [0.5, 0.6) is 0 Å². The molecule has 1 aliphatic heterocycles. The van der Waals surface area contributed by atoms with Gasteiger partial charge in [-0.25, -0.2) is 14.4 Å². The topological polar surface area (TPSA) is 85.2 Å². The van der Waals surface area contributed by atoms with E-state index in [1.807, 2.05) is 11.0 Å². The maximum Gasteiger partial charge on any atom is 0.241 e. The molecular formula is C17H17FN6O. The van der Waals surface area contributed by atoms with Gasteiger partial charge in [0.15, 0.2) is 0 Å². The van der Waals surface area contributed by atoms with Gasteiger partial charge in [0.25, 0.3) is 0 Å². The van der Waals surface area contributed by atoms with Crippen LogP contribution in [0.1, 0.15) is 11.1 Å². The number of nitrogens with one attached hydrogen (secondary N) is 1. The number of carbonyl (C=O) groups excluding carboxylic acids is 1. The summed E-state index contributed by atoms with van der Waals surface area (Å²) < 4.78 is 13.8. The van der Waals surface area contributed by atoms with Crippen LogP contribution in [0.4, 0.5) is 16.0 Å². The third-order valence-corrected chi connectivity index (χ3v) is 4.07. The van der Waals surface area contributed by atoms with Gasteiger partial charge in [0, 0.05) is 38.3 Å². The van der Waals surface area contributed by atoms with Crippen LogP contribution in [0.3, 0.4) is 0 Å². The Morgan fingerprint density at radius 1 is 1.32 bits per heavy atom. The summed E-state index contributed by atoms with van der Waals surface area (Å²) in [6.45, 7) is 1.79. The van der Waals surface area contributed by atoms with E-state index in [-0.39, 0.29) is 24.8 Å². The Kier molecular flexibility index (Phi) is 4.75. The fraction of sp³-hybridized carbons (Fsp3) is 0.294. The van der Waals surface area contributed by atoms with Gasteiger partial charge in [-0.2, -0.15) is 5.26 Å². The number of halogens is 1. The number of piperazine rings is 1. The van der Waals surface area contributed by atoms with Gasteiger partial charge in [-0.1, -0.05) is 0 Å². The van der Waals surface area contributed by atoms with E-state index in [2.05, 4.69) is 15.3 Å². The largest absolute Gasteiger partial charge is 0.366 e. The van der Waals surface area contributed by atoms with Crippen molar-refractivity contribution in [2.45, 2.75) is 6.54 Å². The molecule has 1 saturated heterocycles. The third-order valence-electron chi connectivity index (χ3n) is 4.07. The molecule has 0 unspecified atom stereocenters. The van der Waals surface area contributed by atoms with Crippen molar-refractivity contribution >= 4 is 17.5 Å². The molecule has 0 aliphatic carbocycles. The van der Waals surface area contributed by atoms with E-state index in [0.29, 0.717) is 35.9 Å². The maximum atomic E-state index is 13.8. The highest BCUT2D eigenvalue weighted by Crippen LogP contribution is 2.18. The summed E-state index contributed by atoms with van der Waals surface area (Å²) in [5.41, 5.74) is 0.784. The highest BCUT2D eigenvalue weighted by molar-refractivity contribution is 5.82. The predicted molar refractivity (Wildman–Crippen MR) is 90.3 cm³/mol. The molecule has 3 rings (SSSR count). The van der Waals surface area contributed by atoms with Crippen molar-refractivity contribution < 1.29 is 9.18 Å². The van der Waals surface area contributed by atoms with E-state index < -0.39 is 0 Å². The molecule has 25 heavy (non-hydrogen) atoms. The van der Waals surface area contributed by atoms with Crippen molar-refractivity contribution in [2.75, 3.05) is 36.9 Å². The number of carbonyl (C=O) groups is 1. The number of hydrogen-bond donors (Lipinski definition) is 1. The quantitative estimate of drug-likeness (QED) is 0.905. The molecule has 8 heteroatoms. The first-order valence-corrected chi connectivity index (χ1v) is 7.80. The molecule has 1 amide bonds. The highest BCUT2D eigenvalue weighted by atomic mass is 19.1. The van der Waals surface area contributed by atoms with E-state index in [0.717, 1.165) is 0 Å². The predicted octanol–water partition coefficient (Wildman–Crippen LogP) is 1.38. The molecule has 0 saturated carbocycles. The zero-order chi connectivity index (χ0) is 17.8. The Labute approximate surface area is 144 Å². The van der Waals surface area contributed by atoms with Crippen molar-refractivity contribution in [3.05, 3.63) is 47.5 Å². The summed E-state index contributed by atoms with van der Waals surface area (Å²) in [5.74, 6) is 0.823. The number of likely N-dealkylation sites (N-methyl/N-ethyl adjacent to an activating group) is 1. The number of anilines is 2. The highest BCUT2D eigenvalue weighted by Gasteiger charge is 2.22. The lowest BCUT2D eigenvalue weighted by molar-refractivity contribution is -0.129. The van der Waals surface area contributed by atoms with E-state index in [9.17, 15) is 9.18 Å². The van der Waals surface area contributed by atoms with Gasteiger partial charge in [-0.05, 0) is 18.2 Å². The number of nitrogens with zero attached hydrogens (tertiary/aromatic N) is 5. The fourth-order valence-corrected chi connectivity index (χ4v) is 2.54. The molecule has 0 spiro atoms. The number of aromatic nitrogens is 2. The van der Waals surface area contributed by atoms with Crippen molar-refractivity contribution in [1.82, 2.24) is 14.9 Å². The third kappa shape index (κ3) is 3.83. The number of amides is 1. The van der Waals surface area contributed by atoms with Crippen LogP contribution in [0.2, 0.25) is 0 Å². The molecule has 1 aliphatic rings. The summed E-state index contributed by atoms with van der Waals surface area (Å²) in [5, 5.41) is 11.9. The van der Waals surface area contributed by atoms with Gasteiger partial charge >= 0.3 is 0 Å². The minimum atomic E-state index is -0.384. The van der Waals surface area contributed by atoms with Crippen molar-refractivity contribution in [3.63, 3.8) is 0 Å². The lowest BCUT2D eigenvalue weighted by Gasteiger charge is -2.32. The van der Waals surface area contributed by atoms with Crippen molar-refractivity contribution in [2.24, 2.45) is 0 Å². The van der Waals surface area contributed by atoms with Crippen LogP contribution in [0.25, 0.3) is 0 Å². The Morgan fingerprint density at radius 3 is 2.92 bits per heavy atom. The zero-order valence-corrected chi connectivity index (χ0v) is 13.7. The molecule has 2 heterocycles. The van der Waals surface area contributed by atoms with Gasteiger partial charge in [0.1, 0.15) is 23.8 Å². The molecule has 0 radical (unpaired) electrons. The lowest BCUT2D eigenvalue weighted by Crippen LogP contribution is -2.48. The van der Waals surface area contributed by atoms with Gasteiger partial charge in [-0.15, -0.1) is 0 Å². The van der Waals surface area contributed by atoms with E-state index >= 15 is 0 Å². The van der Waals surface area contributed by atoms with E-state index in [4.69, 9.17) is 5.26 Å². The molecule has 0 atom stereocenters. The van der Waals surface area contributed by atoms with Gasteiger partial charge < -0.3 is 15.1 Å². The molecular weight excluding hydrogens is 323 g/mol. The first kappa shape index (κ1) is 16.6. The smallest absolute Gasteiger partial charge is 0.241 e.